The van der Waals surface area contributed by atoms with Gasteiger partial charge in [0, 0.05) is 0 Å². The molecule has 1 amide bonds. The van der Waals surface area contributed by atoms with Gasteiger partial charge in [0.2, 0.25) is 0 Å². The Labute approximate surface area is 295 Å². The van der Waals surface area contributed by atoms with Gasteiger partial charge in [-0.15, -0.1) is 0 Å². The molecule has 0 atom stereocenters. The van der Waals surface area contributed by atoms with Crippen LogP contribution in [-0.2, 0) is 31.0 Å². The van der Waals surface area contributed by atoms with Crippen molar-refractivity contribution in [1.82, 2.24) is 9.47 Å². The summed E-state index contributed by atoms with van der Waals surface area (Å²) in [6.45, 7) is 2.62. The average Bonchev–Trinajstić information content (AvgIpc) is 3.61. The van der Waals surface area contributed by atoms with Crippen molar-refractivity contribution in [3.63, 3.8) is 0 Å². The minimum atomic E-state index is -4.20. The molecule has 2 aliphatic heterocycles. The number of thiocarbonyl (C=S) groups is 1. The van der Waals surface area contributed by atoms with Crippen molar-refractivity contribution in [2.24, 2.45) is 5.92 Å². The van der Waals surface area contributed by atoms with Gasteiger partial charge in [-0.1, -0.05) is 0 Å². The first-order valence-corrected chi connectivity index (χ1v) is 19.8. The third kappa shape index (κ3) is 7.83. The van der Waals surface area contributed by atoms with Gasteiger partial charge in [-0.2, -0.15) is 0 Å². The van der Waals surface area contributed by atoms with Crippen LogP contribution in [-0.4, -0.2) is 88.6 Å². The summed E-state index contributed by atoms with van der Waals surface area (Å²) in [6, 6.07) is 15.8. The van der Waals surface area contributed by atoms with Crippen molar-refractivity contribution < 1.29 is 37.6 Å². The summed E-state index contributed by atoms with van der Waals surface area (Å²) in [5.74, 6) is -3.98. The van der Waals surface area contributed by atoms with Crippen LogP contribution in [0.4, 0.5) is 5.69 Å². The van der Waals surface area contributed by atoms with E-state index in [4.69, 9.17) is 12.2 Å². The molecule has 0 aliphatic carbocycles. The van der Waals surface area contributed by atoms with Crippen molar-refractivity contribution in [3.8, 4) is 11.1 Å². The van der Waals surface area contributed by atoms with Crippen molar-refractivity contribution in [2.75, 3.05) is 23.7 Å². The molecule has 0 spiro atoms. The number of amides is 1. The summed E-state index contributed by atoms with van der Waals surface area (Å²) in [5, 5.41) is 18.9. The fourth-order valence-corrected chi connectivity index (χ4v) is 10.7. The molecule has 0 saturated carbocycles. The first-order valence-electron chi connectivity index (χ1n) is 14.4. The van der Waals surface area contributed by atoms with E-state index in [2.05, 4.69) is 0 Å². The van der Waals surface area contributed by atoms with Gasteiger partial charge < -0.3 is 0 Å². The SMILES string of the molecule is CC(C)C(/C=C1\[Se]c2ccc(-c3ccccc3)cc2N1CCCS(=O)(=O)O)=c1\s/c(=C2\SC(=S)N(CC(=O)O)C2=O)n(CC(=O)O)c1=O. The van der Waals surface area contributed by atoms with E-state index in [9.17, 15) is 42.4 Å². The number of anilines is 1. The summed E-state index contributed by atoms with van der Waals surface area (Å²) in [7, 11) is -4.20. The molecule has 1 aromatic heterocycles. The summed E-state index contributed by atoms with van der Waals surface area (Å²) >= 11 is 6.73. The van der Waals surface area contributed by atoms with Gasteiger partial charge in [-0.25, -0.2) is 0 Å². The number of thioether (sulfide) groups is 1. The number of allylic oxidation sites excluding steroid dienone is 1. The Morgan fingerprint density at radius 2 is 1.69 bits per heavy atom. The Hall–Kier alpha value is -3.57. The third-order valence-corrected chi connectivity index (χ3v) is 13.2. The molecular formula is C31H29N3O9S4Se. The van der Waals surface area contributed by atoms with Crippen molar-refractivity contribution in [3.05, 3.63) is 78.8 Å². The number of nitrogens with zero attached hydrogens (tertiary/aromatic N) is 3. The molecule has 2 aromatic carbocycles. The summed E-state index contributed by atoms with van der Waals surface area (Å²) in [6.07, 6.45) is 2.01. The maximum atomic E-state index is 13.9. The molecule has 0 unspecified atom stereocenters. The van der Waals surface area contributed by atoms with Gasteiger partial charge in [0.1, 0.15) is 0 Å². The van der Waals surface area contributed by atoms with Gasteiger partial charge in [0.25, 0.3) is 0 Å². The van der Waals surface area contributed by atoms with Gasteiger partial charge in [-0.3, -0.25) is 0 Å². The molecule has 3 N–H and O–H groups in total. The van der Waals surface area contributed by atoms with E-state index in [0.29, 0.717) is 5.57 Å². The Balaban J connectivity index is 1.69. The molecule has 3 heterocycles. The van der Waals surface area contributed by atoms with Crippen LogP contribution in [0, 0.1) is 5.92 Å². The molecule has 252 valence electrons. The monoisotopic (exact) mass is 795 g/mol. The molecule has 3 aromatic rings. The standard InChI is InChI=1S/C31H29N3O9S4Se/c1-17(2)20(26-28(39)33(15-24(35)36)30(45-26)27-29(40)34(16-25(37)38)31(44)46-27)14-23-32(11-6-12-47(41,42)43)21-13-19(9-10-22(21)48-23)18-7-4-3-5-8-18/h3-5,7-10,13-14,17H,6,11-12,15-16H2,1-2H3,(H,35,36)(H,37,38)(H,41,42,43)/b23-14-,26-20-,30-27-. The predicted octanol–water partition coefficient (Wildman–Crippen LogP) is 1.49. The van der Waals surface area contributed by atoms with Crippen LogP contribution in [0.1, 0.15) is 20.3 Å². The molecule has 5 rings (SSSR count). The van der Waals surface area contributed by atoms with E-state index in [1.807, 2.05) is 73.4 Å². The van der Waals surface area contributed by atoms with Gasteiger partial charge in [0.15, 0.2) is 0 Å². The van der Waals surface area contributed by atoms with E-state index < -0.39 is 52.4 Å². The number of fused-ring (bicyclic) bond motifs is 1. The summed E-state index contributed by atoms with van der Waals surface area (Å²) < 4.78 is 35.7. The van der Waals surface area contributed by atoms with Gasteiger partial charge in [-0.05, 0) is 0 Å². The fraction of sp³-hybridized carbons (Fsp3) is 0.258. The van der Waals surface area contributed by atoms with Crippen LogP contribution in [0.2, 0.25) is 0 Å². The number of benzene rings is 2. The molecule has 12 nitrogen and oxygen atoms in total. The quantitative estimate of drug-likeness (QED) is 0.145. The Bertz CT molecular complexity index is 2160. The third-order valence-electron chi connectivity index (χ3n) is 7.30. The Kier molecular flexibility index (Phi) is 10.8. The van der Waals surface area contributed by atoms with E-state index in [-0.39, 0.29) is 52.3 Å². The second kappa shape index (κ2) is 14.5. The normalized spacial score (nSPS) is 17.5. The number of carboxylic acids is 2. The fourth-order valence-electron chi connectivity index (χ4n) is 5.12. The Morgan fingerprint density at radius 3 is 2.31 bits per heavy atom. The number of hydrogen-bond acceptors (Lipinski definition) is 10. The number of carboxylic acid groups (broad SMARTS) is 2. The van der Waals surface area contributed by atoms with Crippen LogP contribution >= 0.6 is 35.3 Å². The number of rotatable bonds is 11. The van der Waals surface area contributed by atoms with Crippen molar-refractivity contribution in [2.45, 2.75) is 26.8 Å². The zero-order chi connectivity index (χ0) is 34.9. The summed E-state index contributed by atoms with van der Waals surface area (Å²) in [4.78, 5) is 53.2. The average molecular weight is 795 g/mol. The van der Waals surface area contributed by atoms with Crippen LogP contribution in [0.15, 0.2) is 64.0 Å². The zero-order valence-electron chi connectivity index (χ0n) is 25.5. The van der Waals surface area contributed by atoms with Crippen LogP contribution in [0.25, 0.3) is 21.6 Å². The van der Waals surface area contributed by atoms with E-state index in [1.54, 1.807) is 0 Å². The molecule has 48 heavy (non-hydrogen) atoms. The maximum absolute atomic E-state index is 13.9. The number of aromatic nitrogens is 1. The first-order chi connectivity index (χ1) is 22.6. The number of thiazole rings is 1. The topological polar surface area (TPSA) is 175 Å². The van der Waals surface area contributed by atoms with Gasteiger partial charge in [0.05, 0.1) is 0 Å². The number of carbonyl (C=O) groups excluding carboxylic acids is 1. The molecule has 1 fully saturated rings. The second-order valence-electron chi connectivity index (χ2n) is 11.0. The molecule has 2 aliphatic rings. The van der Waals surface area contributed by atoms with Gasteiger partial charge >= 0.3 is 297 Å². The number of hydrogen-bond donors (Lipinski definition) is 3. The predicted molar refractivity (Wildman–Crippen MR) is 190 cm³/mol. The van der Waals surface area contributed by atoms with Crippen molar-refractivity contribution in [1.29, 1.82) is 0 Å². The zero-order valence-corrected chi connectivity index (χ0v) is 30.5. The van der Waals surface area contributed by atoms with Crippen molar-refractivity contribution >= 4 is 103 Å². The van der Waals surface area contributed by atoms with E-state index in [1.165, 1.54) is 0 Å². The molecule has 1 saturated heterocycles. The molecular weight excluding hydrogens is 766 g/mol. The molecule has 0 radical (unpaired) electrons. The Morgan fingerprint density at radius 1 is 1.00 bits per heavy atom. The number of carbonyl (C=O) groups is 3. The first kappa shape index (κ1) is 35.7. The molecule has 17 heteroatoms. The van der Waals surface area contributed by atoms with E-state index >= 15 is 0 Å². The summed E-state index contributed by atoms with van der Waals surface area (Å²) in [5.41, 5.74) is 2.81. The minimum absolute atomic E-state index is 0.0151. The van der Waals surface area contributed by atoms with Crippen LogP contribution < -0.4 is 24.1 Å². The van der Waals surface area contributed by atoms with Crippen LogP contribution in [0.5, 0.6) is 0 Å². The second-order valence-corrected chi connectivity index (χ2v) is 17.5. The molecule has 0 bridgehead atoms. The van der Waals surface area contributed by atoms with E-state index in [0.717, 1.165) is 58.4 Å². The number of aliphatic carboxylic acids is 2. The van der Waals surface area contributed by atoms with Crippen LogP contribution in [0.3, 0.4) is 0 Å².